The van der Waals surface area contributed by atoms with Crippen molar-refractivity contribution in [3.63, 3.8) is 0 Å². The van der Waals surface area contributed by atoms with Gasteiger partial charge in [0.25, 0.3) is 5.91 Å². The number of ether oxygens (including phenoxy) is 2. The summed E-state index contributed by atoms with van der Waals surface area (Å²) in [5.41, 5.74) is 0.806. The summed E-state index contributed by atoms with van der Waals surface area (Å²) in [6.45, 7) is -0.249. The zero-order valence-corrected chi connectivity index (χ0v) is 17.1. The molecule has 2 rings (SSSR count). The third-order valence-corrected chi connectivity index (χ3v) is 4.17. The van der Waals surface area contributed by atoms with Gasteiger partial charge in [-0.2, -0.15) is 8.78 Å². The van der Waals surface area contributed by atoms with Gasteiger partial charge in [0.15, 0.2) is 6.61 Å². The standard InChI is InChI=1S/C22H24F2N2O5/c1-14(2)20(26-18(27)12-15-8-4-3-5-9-15)21(29)30-13-19(28)25-16-10-6-7-11-17(16)31-22(23)24/h3-11,14,20,22H,12-13H2,1-2H3,(H,25,28)(H,26,27)/t20-/m0/s1. The van der Waals surface area contributed by atoms with Crippen molar-refractivity contribution < 1.29 is 32.6 Å². The molecule has 0 unspecified atom stereocenters. The predicted octanol–water partition coefficient (Wildman–Crippen LogP) is 3.15. The van der Waals surface area contributed by atoms with E-state index in [1.54, 1.807) is 38.1 Å². The fraction of sp³-hybridized carbons (Fsp3) is 0.318. The number of para-hydroxylation sites is 2. The fourth-order valence-electron chi connectivity index (χ4n) is 2.68. The van der Waals surface area contributed by atoms with Crippen molar-refractivity contribution >= 4 is 23.5 Å². The smallest absolute Gasteiger partial charge is 0.387 e. The number of halogens is 2. The third-order valence-electron chi connectivity index (χ3n) is 4.17. The van der Waals surface area contributed by atoms with E-state index < -0.39 is 31.1 Å². The number of benzene rings is 2. The van der Waals surface area contributed by atoms with E-state index in [1.165, 1.54) is 24.3 Å². The van der Waals surface area contributed by atoms with E-state index in [9.17, 15) is 23.2 Å². The van der Waals surface area contributed by atoms with Crippen LogP contribution >= 0.6 is 0 Å². The molecule has 0 fully saturated rings. The molecule has 0 bridgehead atoms. The summed E-state index contributed by atoms with van der Waals surface area (Å²) in [7, 11) is 0. The lowest BCUT2D eigenvalue weighted by atomic mass is 10.0. The van der Waals surface area contributed by atoms with E-state index >= 15 is 0 Å². The second-order valence-electron chi connectivity index (χ2n) is 6.98. The number of rotatable bonds is 10. The number of anilines is 1. The molecule has 31 heavy (non-hydrogen) atoms. The molecular formula is C22H24F2N2O5. The Kier molecular flexibility index (Phi) is 8.93. The SMILES string of the molecule is CC(C)[C@H](NC(=O)Cc1ccccc1)C(=O)OCC(=O)Nc1ccccc1OC(F)F. The van der Waals surface area contributed by atoms with Crippen molar-refractivity contribution in [3.8, 4) is 5.75 Å². The molecule has 2 aromatic carbocycles. The van der Waals surface area contributed by atoms with E-state index in [1.807, 2.05) is 6.07 Å². The molecule has 0 aromatic heterocycles. The van der Waals surface area contributed by atoms with Crippen LogP contribution in [0.4, 0.5) is 14.5 Å². The molecule has 9 heteroatoms. The first-order valence-electron chi connectivity index (χ1n) is 9.60. The number of esters is 1. The van der Waals surface area contributed by atoms with Crippen LogP contribution in [0.3, 0.4) is 0 Å². The Morgan fingerprint density at radius 3 is 2.23 bits per heavy atom. The molecule has 2 amide bonds. The van der Waals surface area contributed by atoms with E-state index in [4.69, 9.17) is 4.74 Å². The van der Waals surface area contributed by atoms with Crippen LogP contribution < -0.4 is 15.4 Å². The Balaban J connectivity index is 1.90. The summed E-state index contributed by atoms with van der Waals surface area (Å²) in [6, 6.07) is 13.7. The van der Waals surface area contributed by atoms with Crippen LogP contribution in [0.1, 0.15) is 19.4 Å². The van der Waals surface area contributed by atoms with Gasteiger partial charge in [-0.3, -0.25) is 9.59 Å². The molecule has 0 aliphatic heterocycles. The first kappa shape index (κ1) is 23.8. The van der Waals surface area contributed by atoms with Gasteiger partial charge < -0.3 is 20.1 Å². The second-order valence-corrected chi connectivity index (χ2v) is 6.98. The zero-order valence-electron chi connectivity index (χ0n) is 17.1. The molecule has 2 N–H and O–H groups in total. The van der Waals surface area contributed by atoms with Gasteiger partial charge in [-0.1, -0.05) is 56.3 Å². The largest absolute Gasteiger partial charge is 0.454 e. The highest BCUT2D eigenvalue weighted by Gasteiger charge is 2.26. The van der Waals surface area contributed by atoms with Gasteiger partial charge in [0, 0.05) is 0 Å². The molecule has 2 aromatic rings. The van der Waals surface area contributed by atoms with Gasteiger partial charge in [-0.15, -0.1) is 0 Å². The zero-order chi connectivity index (χ0) is 22.8. The first-order valence-corrected chi connectivity index (χ1v) is 9.60. The van der Waals surface area contributed by atoms with Crippen LogP contribution in [0.5, 0.6) is 5.75 Å². The highest BCUT2D eigenvalue weighted by molar-refractivity contribution is 5.94. The molecule has 0 saturated heterocycles. The normalized spacial score (nSPS) is 11.7. The maximum Gasteiger partial charge on any atom is 0.387 e. The molecule has 1 atom stereocenters. The minimum absolute atomic E-state index is 0.0143. The van der Waals surface area contributed by atoms with Crippen LogP contribution in [-0.4, -0.2) is 37.0 Å². The topological polar surface area (TPSA) is 93.7 Å². The average molecular weight is 434 g/mol. The van der Waals surface area contributed by atoms with Crippen LogP contribution in [-0.2, 0) is 25.5 Å². The average Bonchev–Trinajstić information content (AvgIpc) is 2.72. The van der Waals surface area contributed by atoms with Gasteiger partial charge >= 0.3 is 12.6 Å². The Hall–Kier alpha value is -3.49. The number of hydrogen-bond acceptors (Lipinski definition) is 5. The lowest BCUT2D eigenvalue weighted by Crippen LogP contribution is -2.46. The monoisotopic (exact) mass is 434 g/mol. The Morgan fingerprint density at radius 1 is 0.935 bits per heavy atom. The van der Waals surface area contributed by atoms with E-state index in [0.717, 1.165) is 5.56 Å². The number of amides is 2. The molecule has 166 valence electrons. The van der Waals surface area contributed by atoms with Gasteiger partial charge in [0.1, 0.15) is 11.8 Å². The van der Waals surface area contributed by atoms with Crippen molar-refractivity contribution in [3.05, 3.63) is 60.2 Å². The number of carbonyl (C=O) groups excluding carboxylic acids is 3. The van der Waals surface area contributed by atoms with Gasteiger partial charge in [0.2, 0.25) is 5.91 Å². The number of hydrogen-bond donors (Lipinski definition) is 2. The Labute approximate surface area is 178 Å². The lowest BCUT2D eigenvalue weighted by Gasteiger charge is -2.21. The maximum absolute atomic E-state index is 12.5. The fourth-order valence-corrected chi connectivity index (χ4v) is 2.68. The molecular weight excluding hydrogens is 410 g/mol. The van der Waals surface area contributed by atoms with Crippen LogP contribution in [0.2, 0.25) is 0 Å². The van der Waals surface area contributed by atoms with Crippen LogP contribution in [0.15, 0.2) is 54.6 Å². The van der Waals surface area contributed by atoms with E-state index in [-0.39, 0.29) is 29.7 Å². The predicted molar refractivity (Wildman–Crippen MR) is 110 cm³/mol. The van der Waals surface area contributed by atoms with Gasteiger partial charge in [0.05, 0.1) is 12.1 Å². The van der Waals surface area contributed by atoms with Crippen molar-refractivity contribution in [2.24, 2.45) is 5.92 Å². The molecule has 0 aliphatic rings. The number of nitrogens with one attached hydrogen (secondary N) is 2. The maximum atomic E-state index is 12.5. The Morgan fingerprint density at radius 2 is 1.58 bits per heavy atom. The van der Waals surface area contributed by atoms with Crippen LogP contribution in [0.25, 0.3) is 0 Å². The quantitative estimate of drug-likeness (QED) is 0.561. The minimum atomic E-state index is -3.05. The summed E-state index contributed by atoms with van der Waals surface area (Å²) in [4.78, 5) is 36.8. The van der Waals surface area contributed by atoms with Gasteiger partial charge in [-0.05, 0) is 23.6 Å². The third kappa shape index (κ3) is 8.04. The minimum Gasteiger partial charge on any atom is -0.454 e. The van der Waals surface area contributed by atoms with Crippen molar-refractivity contribution in [2.45, 2.75) is 32.9 Å². The van der Waals surface area contributed by atoms with Crippen molar-refractivity contribution in [1.29, 1.82) is 0 Å². The van der Waals surface area contributed by atoms with E-state index in [2.05, 4.69) is 15.4 Å². The number of carbonyl (C=O) groups is 3. The number of alkyl halides is 2. The lowest BCUT2D eigenvalue weighted by molar-refractivity contribution is -0.151. The Bertz CT molecular complexity index is 890. The summed E-state index contributed by atoms with van der Waals surface area (Å²) >= 11 is 0. The summed E-state index contributed by atoms with van der Waals surface area (Å²) in [5.74, 6) is -2.37. The van der Waals surface area contributed by atoms with Crippen molar-refractivity contribution in [2.75, 3.05) is 11.9 Å². The molecule has 0 radical (unpaired) electrons. The van der Waals surface area contributed by atoms with Crippen LogP contribution in [0, 0.1) is 5.92 Å². The molecule has 0 saturated carbocycles. The van der Waals surface area contributed by atoms with Crippen molar-refractivity contribution in [1.82, 2.24) is 5.32 Å². The second kappa shape index (κ2) is 11.6. The molecule has 0 heterocycles. The summed E-state index contributed by atoms with van der Waals surface area (Å²) in [6.07, 6.45) is 0.0960. The summed E-state index contributed by atoms with van der Waals surface area (Å²) < 4.78 is 34.3. The molecule has 0 spiro atoms. The first-order chi connectivity index (χ1) is 14.8. The van der Waals surface area contributed by atoms with E-state index in [0.29, 0.717) is 0 Å². The molecule has 0 aliphatic carbocycles. The highest BCUT2D eigenvalue weighted by Crippen LogP contribution is 2.25. The summed E-state index contributed by atoms with van der Waals surface area (Å²) in [5, 5.41) is 4.97. The highest BCUT2D eigenvalue weighted by atomic mass is 19.3. The molecule has 7 nitrogen and oxygen atoms in total. The van der Waals surface area contributed by atoms with Gasteiger partial charge in [-0.25, -0.2) is 4.79 Å².